The van der Waals surface area contributed by atoms with Crippen molar-refractivity contribution in [2.75, 3.05) is 13.1 Å². The molecular formula is C16H30N2O. The van der Waals surface area contributed by atoms with Crippen molar-refractivity contribution in [3.05, 3.63) is 0 Å². The van der Waals surface area contributed by atoms with Gasteiger partial charge < -0.3 is 10.6 Å². The molecule has 2 aliphatic carbocycles. The third kappa shape index (κ3) is 4.48. The Bertz CT molecular complexity index is 282. The molecule has 0 aromatic carbocycles. The summed E-state index contributed by atoms with van der Waals surface area (Å²) in [4.78, 5) is 14.8. The third-order valence-corrected chi connectivity index (χ3v) is 4.71. The van der Waals surface area contributed by atoms with Crippen LogP contribution in [0.5, 0.6) is 0 Å². The molecule has 0 heterocycles. The summed E-state index contributed by atoms with van der Waals surface area (Å²) in [6, 6.07) is 0.565. The van der Waals surface area contributed by atoms with Crippen molar-refractivity contribution in [3.8, 4) is 0 Å². The standard InChI is InChI=1S/C16H30N2O/c1-13(6-5-11-17)16(19)18(15-9-10-15)12-14-7-3-2-4-8-14/h13-15H,2-12,17H2,1H3. The second-order valence-corrected chi connectivity index (χ2v) is 6.56. The first-order valence-corrected chi connectivity index (χ1v) is 8.23. The van der Waals surface area contributed by atoms with Gasteiger partial charge in [0, 0.05) is 18.5 Å². The van der Waals surface area contributed by atoms with Crippen LogP contribution >= 0.6 is 0 Å². The Labute approximate surface area is 117 Å². The number of rotatable bonds is 7. The normalized spacial score (nSPS) is 22.2. The lowest BCUT2D eigenvalue weighted by Crippen LogP contribution is -2.40. The molecule has 2 N–H and O–H groups in total. The lowest BCUT2D eigenvalue weighted by Gasteiger charge is -2.31. The summed E-state index contributed by atoms with van der Waals surface area (Å²) in [5, 5.41) is 0. The average molecular weight is 266 g/mol. The van der Waals surface area contributed by atoms with E-state index in [4.69, 9.17) is 5.73 Å². The molecule has 1 unspecified atom stereocenters. The third-order valence-electron chi connectivity index (χ3n) is 4.71. The fraction of sp³-hybridized carbons (Fsp3) is 0.938. The van der Waals surface area contributed by atoms with Gasteiger partial charge in [0.2, 0.25) is 5.91 Å². The summed E-state index contributed by atoms with van der Waals surface area (Å²) in [5.41, 5.74) is 5.55. The Morgan fingerprint density at radius 1 is 1.21 bits per heavy atom. The SMILES string of the molecule is CC(CCCN)C(=O)N(CC1CCCCC1)C1CC1. The van der Waals surface area contributed by atoms with Gasteiger partial charge in [-0.2, -0.15) is 0 Å². The minimum absolute atomic E-state index is 0.160. The van der Waals surface area contributed by atoms with Gasteiger partial charge in [0.1, 0.15) is 0 Å². The number of carbonyl (C=O) groups is 1. The molecule has 0 aromatic heterocycles. The van der Waals surface area contributed by atoms with Gasteiger partial charge in [0.15, 0.2) is 0 Å². The first-order valence-electron chi connectivity index (χ1n) is 8.23. The van der Waals surface area contributed by atoms with E-state index in [9.17, 15) is 4.79 Å². The van der Waals surface area contributed by atoms with Crippen LogP contribution in [-0.4, -0.2) is 29.9 Å². The van der Waals surface area contributed by atoms with Gasteiger partial charge in [-0.3, -0.25) is 4.79 Å². The van der Waals surface area contributed by atoms with Gasteiger partial charge in [-0.15, -0.1) is 0 Å². The minimum Gasteiger partial charge on any atom is -0.339 e. The van der Waals surface area contributed by atoms with Crippen LogP contribution in [0.15, 0.2) is 0 Å². The van der Waals surface area contributed by atoms with Gasteiger partial charge >= 0.3 is 0 Å². The summed E-state index contributed by atoms with van der Waals surface area (Å²) in [6.45, 7) is 3.80. The molecular weight excluding hydrogens is 236 g/mol. The molecule has 0 spiro atoms. The van der Waals surface area contributed by atoms with Crippen molar-refractivity contribution in [2.24, 2.45) is 17.6 Å². The Morgan fingerprint density at radius 3 is 2.47 bits per heavy atom. The van der Waals surface area contributed by atoms with Gasteiger partial charge in [0.25, 0.3) is 0 Å². The van der Waals surface area contributed by atoms with E-state index in [-0.39, 0.29) is 5.92 Å². The second kappa shape index (κ2) is 7.28. The molecule has 0 aromatic rings. The number of amides is 1. The van der Waals surface area contributed by atoms with E-state index in [2.05, 4.69) is 11.8 Å². The highest BCUT2D eigenvalue weighted by molar-refractivity contribution is 5.79. The molecule has 3 heteroatoms. The number of carbonyl (C=O) groups excluding carboxylic acids is 1. The quantitative estimate of drug-likeness (QED) is 0.770. The molecule has 1 atom stereocenters. The van der Waals surface area contributed by atoms with E-state index >= 15 is 0 Å². The zero-order valence-corrected chi connectivity index (χ0v) is 12.4. The second-order valence-electron chi connectivity index (χ2n) is 6.56. The maximum atomic E-state index is 12.6. The summed E-state index contributed by atoms with van der Waals surface area (Å²) in [6.07, 6.45) is 11.1. The molecule has 19 heavy (non-hydrogen) atoms. The van der Waals surface area contributed by atoms with Crippen LogP contribution in [0, 0.1) is 11.8 Å². The van der Waals surface area contributed by atoms with E-state index < -0.39 is 0 Å². The molecule has 1 amide bonds. The number of nitrogens with two attached hydrogens (primary N) is 1. The highest BCUT2D eigenvalue weighted by Crippen LogP contribution is 2.32. The molecule has 3 nitrogen and oxygen atoms in total. The molecule has 0 aliphatic heterocycles. The maximum absolute atomic E-state index is 12.6. The summed E-state index contributed by atoms with van der Waals surface area (Å²) >= 11 is 0. The molecule has 110 valence electrons. The topological polar surface area (TPSA) is 46.3 Å². The molecule has 0 radical (unpaired) electrons. The van der Waals surface area contributed by atoms with Gasteiger partial charge in [0.05, 0.1) is 0 Å². The van der Waals surface area contributed by atoms with Crippen LogP contribution in [0.25, 0.3) is 0 Å². The molecule has 2 aliphatic rings. The maximum Gasteiger partial charge on any atom is 0.225 e. The molecule has 0 bridgehead atoms. The van der Waals surface area contributed by atoms with E-state index in [1.54, 1.807) is 0 Å². The smallest absolute Gasteiger partial charge is 0.225 e. The fourth-order valence-electron chi connectivity index (χ4n) is 3.28. The largest absolute Gasteiger partial charge is 0.339 e. The predicted molar refractivity (Wildman–Crippen MR) is 78.8 cm³/mol. The highest BCUT2D eigenvalue weighted by Gasteiger charge is 2.35. The highest BCUT2D eigenvalue weighted by atomic mass is 16.2. The van der Waals surface area contributed by atoms with Gasteiger partial charge in [-0.1, -0.05) is 26.2 Å². The van der Waals surface area contributed by atoms with E-state index in [0.717, 1.165) is 25.3 Å². The number of hydrogen-bond acceptors (Lipinski definition) is 2. The van der Waals surface area contributed by atoms with Crippen LogP contribution in [0.1, 0.15) is 64.7 Å². The summed E-state index contributed by atoms with van der Waals surface area (Å²) in [7, 11) is 0. The van der Waals surface area contributed by atoms with Crippen LogP contribution in [0.2, 0.25) is 0 Å². The Hall–Kier alpha value is -0.570. The molecule has 2 rings (SSSR count). The Balaban J connectivity index is 1.85. The lowest BCUT2D eigenvalue weighted by molar-refractivity contribution is -0.136. The Kier molecular flexibility index (Phi) is 5.68. The number of hydrogen-bond donors (Lipinski definition) is 1. The minimum atomic E-state index is 0.160. The van der Waals surface area contributed by atoms with Crippen LogP contribution < -0.4 is 5.73 Å². The van der Waals surface area contributed by atoms with Crippen molar-refractivity contribution in [2.45, 2.75) is 70.8 Å². The summed E-state index contributed by atoms with van der Waals surface area (Å²) < 4.78 is 0. The first kappa shape index (κ1) is 14.8. The summed E-state index contributed by atoms with van der Waals surface area (Å²) in [5.74, 6) is 1.31. The zero-order valence-electron chi connectivity index (χ0n) is 12.4. The van der Waals surface area contributed by atoms with Crippen LogP contribution in [0.3, 0.4) is 0 Å². The van der Waals surface area contributed by atoms with Crippen molar-refractivity contribution < 1.29 is 4.79 Å². The monoisotopic (exact) mass is 266 g/mol. The molecule has 2 saturated carbocycles. The number of nitrogens with zero attached hydrogens (tertiary/aromatic N) is 1. The van der Waals surface area contributed by atoms with E-state index in [0.29, 0.717) is 18.5 Å². The van der Waals surface area contributed by atoms with Gasteiger partial charge in [-0.25, -0.2) is 0 Å². The van der Waals surface area contributed by atoms with Crippen molar-refractivity contribution >= 4 is 5.91 Å². The first-order chi connectivity index (χ1) is 9.22. The predicted octanol–water partition coefficient (Wildman–Crippen LogP) is 2.93. The fourth-order valence-corrected chi connectivity index (χ4v) is 3.28. The Morgan fingerprint density at radius 2 is 1.89 bits per heavy atom. The molecule has 2 fully saturated rings. The van der Waals surface area contributed by atoms with E-state index in [1.807, 2.05) is 0 Å². The van der Waals surface area contributed by atoms with Gasteiger partial charge in [-0.05, 0) is 51.0 Å². The average Bonchev–Trinajstić information content (AvgIpc) is 3.27. The van der Waals surface area contributed by atoms with E-state index in [1.165, 1.54) is 44.9 Å². The van der Waals surface area contributed by atoms with Crippen molar-refractivity contribution in [1.29, 1.82) is 0 Å². The van der Waals surface area contributed by atoms with Crippen LogP contribution in [0.4, 0.5) is 0 Å². The zero-order chi connectivity index (χ0) is 13.7. The molecule has 0 saturated heterocycles. The van der Waals surface area contributed by atoms with Crippen molar-refractivity contribution in [3.63, 3.8) is 0 Å². The van der Waals surface area contributed by atoms with Crippen LogP contribution in [-0.2, 0) is 4.79 Å². The lowest BCUT2D eigenvalue weighted by atomic mass is 9.88. The van der Waals surface area contributed by atoms with Crippen molar-refractivity contribution in [1.82, 2.24) is 4.90 Å².